The smallest absolute Gasteiger partial charge is 0.344 e. The molecule has 1 aliphatic rings. The summed E-state index contributed by atoms with van der Waals surface area (Å²) in [5.74, 6) is -1.32. The molecular weight excluding hydrogens is 807 g/mol. The van der Waals surface area contributed by atoms with Crippen LogP contribution in [0.25, 0.3) is 0 Å². The summed E-state index contributed by atoms with van der Waals surface area (Å²) in [6.07, 6.45) is 4.49. The second-order valence-electron chi connectivity index (χ2n) is 15.2. The van der Waals surface area contributed by atoms with Crippen molar-refractivity contribution in [2.75, 3.05) is 38.0 Å². The molecule has 2 atom stereocenters. The molecule has 0 saturated carbocycles. The number of nitrogens with two attached hydrogens (primary N) is 2. The van der Waals surface area contributed by atoms with Crippen molar-refractivity contribution < 1.29 is 33.9 Å². The zero-order chi connectivity index (χ0) is 45.4. The predicted molar refractivity (Wildman–Crippen MR) is 241 cm³/mol. The molecule has 7 amide bonds. The number of benzene rings is 3. The lowest BCUT2D eigenvalue weighted by atomic mass is 10.0. The average molecular weight is 870 g/mol. The molecule has 0 radical (unpaired) electrons. The van der Waals surface area contributed by atoms with Gasteiger partial charge in [-0.1, -0.05) is 61.9 Å². The Morgan fingerprint density at radius 3 is 2.11 bits per heavy atom. The largest absolute Gasteiger partial charge is 0.508 e. The first-order valence-corrected chi connectivity index (χ1v) is 21.6. The first-order valence-electron chi connectivity index (χ1n) is 21.6. The zero-order valence-electron chi connectivity index (χ0n) is 36.0. The van der Waals surface area contributed by atoms with Crippen LogP contribution in [0, 0.1) is 0 Å². The van der Waals surface area contributed by atoms with Crippen LogP contribution in [-0.4, -0.2) is 90.3 Å². The molecule has 4 rings (SSSR count). The van der Waals surface area contributed by atoms with Gasteiger partial charge in [-0.3, -0.25) is 28.9 Å². The second kappa shape index (κ2) is 26.7. The number of aliphatic imine (C=N–C) groups is 1. The van der Waals surface area contributed by atoms with E-state index in [9.17, 15) is 33.9 Å². The van der Waals surface area contributed by atoms with Crippen molar-refractivity contribution in [1.82, 2.24) is 36.8 Å². The van der Waals surface area contributed by atoms with Crippen LogP contribution in [0.15, 0.2) is 77.8 Å². The Bertz CT molecular complexity index is 1990. The van der Waals surface area contributed by atoms with Gasteiger partial charge in [0, 0.05) is 70.8 Å². The lowest BCUT2D eigenvalue weighted by Crippen LogP contribution is -2.50. The number of amides is 7. The van der Waals surface area contributed by atoms with Gasteiger partial charge in [0.1, 0.15) is 17.8 Å². The molecule has 340 valence electrons. The highest BCUT2D eigenvalue weighted by atomic mass is 16.3. The molecule has 0 unspecified atom stereocenters. The summed E-state index contributed by atoms with van der Waals surface area (Å²) in [7, 11) is 0. The molecule has 1 heterocycles. The molecule has 3 aromatic carbocycles. The number of urea groups is 1. The molecular formula is C45H63N11O7. The molecule has 0 aliphatic carbocycles. The number of phenols is 1. The Hall–Kier alpha value is -6.53. The molecule has 0 saturated heterocycles. The number of anilines is 1. The Morgan fingerprint density at radius 2 is 1.40 bits per heavy atom. The standard InChI is InChI=1S/C45H63N11O7/c1-2-38(58)49-25-26-51-45(63)55-44(47)50-24-9-15-37(42(61)52-28-31-18-20-36(57)21-19-31)54-43(62)41(56-29-33-11-5-6-12-34(33)30-56)32-13-8-14-35(27-32)53-40(60)17-10-23-48-39(59)16-4-3-7-22-46/h5-6,8,11-14,18-21,27,37,41,57H,2-4,7,9-10,15-17,22-26,28-30,46H2,1H3,(H,48,59)(H,49,58)(H,52,61)(H,53,60)(H,54,62)(H4,47,50,51,55,63)/t37-,41+/m1/s1. The average Bonchev–Trinajstić information content (AvgIpc) is 3.70. The van der Waals surface area contributed by atoms with Crippen LogP contribution < -0.4 is 48.7 Å². The maximum absolute atomic E-state index is 14.6. The summed E-state index contributed by atoms with van der Waals surface area (Å²) in [5.41, 5.74) is 15.5. The molecule has 3 aromatic rings. The van der Waals surface area contributed by atoms with Crippen molar-refractivity contribution >= 4 is 47.2 Å². The third-order valence-electron chi connectivity index (χ3n) is 10.3. The molecule has 18 heteroatoms. The summed E-state index contributed by atoms with van der Waals surface area (Å²) in [6.45, 7) is 4.45. The fourth-order valence-electron chi connectivity index (χ4n) is 6.90. The number of rotatable bonds is 25. The van der Waals surface area contributed by atoms with Crippen molar-refractivity contribution in [2.45, 2.75) is 96.4 Å². The number of guanidine groups is 1. The van der Waals surface area contributed by atoms with Crippen LogP contribution in [0.1, 0.15) is 93.0 Å². The maximum Gasteiger partial charge on any atom is 0.344 e. The summed E-state index contributed by atoms with van der Waals surface area (Å²) in [6, 6.07) is 18.9. The van der Waals surface area contributed by atoms with Crippen molar-refractivity contribution in [3.05, 3.63) is 95.1 Å². The number of nitrogens with zero attached hydrogens (tertiary/aromatic N) is 2. The van der Waals surface area contributed by atoms with Crippen molar-refractivity contribution in [2.24, 2.45) is 16.5 Å². The van der Waals surface area contributed by atoms with Crippen LogP contribution in [0.5, 0.6) is 5.75 Å². The number of fused-ring (bicyclic) bond motifs is 1. The summed E-state index contributed by atoms with van der Waals surface area (Å²) >= 11 is 0. The highest BCUT2D eigenvalue weighted by molar-refractivity contribution is 5.93. The van der Waals surface area contributed by atoms with Crippen molar-refractivity contribution in [3.8, 4) is 5.75 Å². The molecule has 1 aliphatic heterocycles. The van der Waals surface area contributed by atoms with E-state index < -0.39 is 29.9 Å². The molecule has 0 fully saturated rings. The third-order valence-corrected chi connectivity index (χ3v) is 10.3. The van der Waals surface area contributed by atoms with E-state index in [-0.39, 0.29) is 68.5 Å². The van der Waals surface area contributed by atoms with Gasteiger partial charge >= 0.3 is 6.03 Å². The van der Waals surface area contributed by atoms with Gasteiger partial charge in [0.15, 0.2) is 5.96 Å². The van der Waals surface area contributed by atoms with Gasteiger partial charge in [-0.15, -0.1) is 0 Å². The topological polar surface area (TPSA) is 274 Å². The summed E-state index contributed by atoms with van der Waals surface area (Å²) in [5, 5.41) is 29.5. The SMILES string of the molecule is CCC(=O)NCCNC(=O)/N=C(/N)NCCC[C@@H](NC(=O)[C@H](c1cccc(NC(=O)CCCNC(=O)CCCCCN)c1)N1Cc2ccccc2C1)C(=O)NCc1ccc(O)cc1. The minimum Gasteiger partial charge on any atom is -0.508 e. The van der Waals surface area contributed by atoms with E-state index in [4.69, 9.17) is 11.5 Å². The van der Waals surface area contributed by atoms with E-state index in [0.717, 1.165) is 36.0 Å². The van der Waals surface area contributed by atoms with Crippen LogP contribution in [-0.2, 0) is 43.6 Å². The van der Waals surface area contributed by atoms with E-state index in [1.807, 2.05) is 35.2 Å². The second-order valence-corrected chi connectivity index (χ2v) is 15.2. The number of phenolic OH excluding ortho intramolecular Hbond substituents is 1. The van der Waals surface area contributed by atoms with Gasteiger partial charge in [-0.25, -0.2) is 4.79 Å². The zero-order valence-corrected chi connectivity index (χ0v) is 36.0. The Kier molecular flexibility index (Phi) is 20.8. The summed E-state index contributed by atoms with van der Waals surface area (Å²) < 4.78 is 0. The van der Waals surface area contributed by atoms with Crippen molar-refractivity contribution in [3.63, 3.8) is 0 Å². The molecule has 12 N–H and O–H groups in total. The van der Waals surface area contributed by atoms with Gasteiger partial charge in [-0.2, -0.15) is 4.99 Å². The number of aromatic hydroxyl groups is 1. The Labute approximate surface area is 368 Å². The third kappa shape index (κ3) is 17.8. The lowest BCUT2D eigenvalue weighted by Gasteiger charge is -2.29. The van der Waals surface area contributed by atoms with E-state index >= 15 is 0 Å². The first kappa shape index (κ1) is 49.1. The van der Waals surface area contributed by atoms with Gasteiger partial charge in [-0.05, 0) is 85.2 Å². The Morgan fingerprint density at radius 1 is 0.714 bits per heavy atom. The van der Waals surface area contributed by atoms with Crippen LogP contribution in [0.3, 0.4) is 0 Å². The maximum atomic E-state index is 14.6. The molecule has 0 spiro atoms. The Balaban J connectivity index is 1.44. The lowest BCUT2D eigenvalue weighted by molar-refractivity contribution is -0.132. The van der Waals surface area contributed by atoms with Crippen LogP contribution >= 0.6 is 0 Å². The molecule has 18 nitrogen and oxygen atoms in total. The number of unbranched alkanes of at least 4 members (excludes halogenated alkanes) is 2. The number of carbonyl (C=O) groups is 6. The minimum absolute atomic E-state index is 0.0500. The predicted octanol–water partition coefficient (Wildman–Crippen LogP) is 2.52. The summed E-state index contributed by atoms with van der Waals surface area (Å²) in [4.78, 5) is 82.9. The first-order chi connectivity index (χ1) is 30.4. The fraction of sp³-hybridized carbons (Fsp3) is 0.444. The quantitative estimate of drug-likeness (QED) is 0.0336. The van der Waals surface area contributed by atoms with Crippen LogP contribution in [0.4, 0.5) is 10.5 Å². The van der Waals surface area contributed by atoms with E-state index in [1.54, 1.807) is 37.3 Å². The number of hydrogen-bond acceptors (Lipinski definition) is 9. The van der Waals surface area contributed by atoms with Gasteiger partial charge in [0.05, 0.1) is 0 Å². The highest BCUT2D eigenvalue weighted by Crippen LogP contribution is 2.33. The van der Waals surface area contributed by atoms with E-state index in [1.165, 1.54) is 12.1 Å². The molecule has 0 bridgehead atoms. The fourth-order valence-corrected chi connectivity index (χ4v) is 6.90. The van der Waals surface area contributed by atoms with Gasteiger partial charge in [0.2, 0.25) is 29.5 Å². The molecule has 63 heavy (non-hydrogen) atoms. The van der Waals surface area contributed by atoms with Crippen molar-refractivity contribution in [1.29, 1.82) is 0 Å². The number of nitrogens with one attached hydrogen (secondary N) is 7. The van der Waals surface area contributed by atoms with Gasteiger partial charge < -0.3 is 53.8 Å². The molecule has 0 aromatic heterocycles. The van der Waals surface area contributed by atoms with Crippen LogP contribution in [0.2, 0.25) is 0 Å². The minimum atomic E-state index is -0.988. The highest BCUT2D eigenvalue weighted by Gasteiger charge is 2.34. The monoisotopic (exact) mass is 869 g/mol. The van der Waals surface area contributed by atoms with Gasteiger partial charge in [0.25, 0.3) is 0 Å². The number of carbonyl (C=O) groups excluding carboxylic acids is 6. The normalized spacial score (nSPS) is 13.2. The van der Waals surface area contributed by atoms with E-state index in [2.05, 4.69) is 42.2 Å². The number of hydrogen-bond donors (Lipinski definition) is 10. The van der Waals surface area contributed by atoms with E-state index in [0.29, 0.717) is 63.1 Å².